The molecule has 0 heterocycles. The van der Waals surface area contributed by atoms with Gasteiger partial charge < -0.3 is 4.74 Å². The standard InChI is InChI=1S/C20H19O2S.C18H32B/c1-22-18-14-12-17(13-15-18)16-23(21,19-8-4-2-5-9-19)20-10-6-3-7-11-20;1-4-7-15-19(16-8-5-2,17-9-6-3)18-13-11-10-12-14-18/h2-15H,16H2,1H3;10-14H,4-9,15-17H2,1-3H3/q+1;-1. The molecule has 0 aliphatic rings. The Hall–Kier alpha value is -3.11. The Morgan fingerprint density at radius 1 is 0.571 bits per heavy atom. The van der Waals surface area contributed by atoms with Crippen LogP contribution in [0.1, 0.15) is 64.9 Å². The van der Waals surface area contributed by atoms with Crippen molar-refractivity contribution in [1.82, 2.24) is 0 Å². The van der Waals surface area contributed by atoms with E-state index in [4.69, 9.17) is 4.74 Å². The van der Waals surface area contributed by atoms with Gasteiger partial charge in [-0.3, -0.25) is 0 Å². The number of benzene rings is 4. The number of hydrogen-bond acceptors (Lipinski definition) is 2. The predicted octanol–water partition coefficient (Wildman–Crippen LogP) is 10.6. The normalized spacial score (nSPS) is 11.4. The van der Waals surface area contributed by atoms with Gasteiger partial charge in [-0.05, 0) is 36.4 Å². The number of hydrogen-bond donors (Lipinski definition) is 0. The third-order valence-corrected chi connectivity index (χ3v) is 11.4. The molecule has 0 spiro atoms. The smallest absolute Gasteiger partial charge is 0.163 e. The van der Waals surface area contributed by atoms with Gasteiger partial charge in [-0.15, -0.1) is 0 Å². The van der Waals surface area contributed by atoms with Crippen LogP contribution < -0.4 is 10.2 Å². The molecule has 0 radical (unpaired) electrons. The van der Waals surface area contributed by atoms with Crippen LogP contribution in [-0.2, 0) is 19.9 Å². The highest BCUT2D eigenvalue weighted by molar-refractivity contribution is 8.02. The number of ether oxygens (including phenoxy) is 1. The van der Waals surface area contributed by atoms with Gasteiger partial charge in [0.25, 0.3) is 0 Å². The van der Waals surface area contributed by atoms with Crippen molar-refractivity contribution in [1.29, 1.82) is 0 Å². The highest BCUT2D eigenvalue weighted by atomic mass is 32.2. The SMILES string of the molecule is CCCC[B-](CCCC)(CCCC)c1ccccc1.COc1ccc(C[S+](=O)(c2ccccc2)c2ccccc2)cc1. The first kappa shape index (κ1) is 33.4. The largest absolute Gasteiger partial charge is 0.497 e. The predicted molar refractivity (Wildman–Crippen MR) is 185 cm³/mol. The summed E-state index contributed by atoms with van der Waals surface area (Å²) in [6, 6.07) is 38.6. The molecule has 0 aliphatic heterocycles. The Kier molecular flexibility index (Phi) is 14.1. The fourth-order valence-electron chi connectivity index (χ4n) is 6.12. The minimum atomic E-state index is -2.36. The van der Waals surface area contributed by atoms with Gasteiger partial charge in [0.1, 0.15) is 11.5 Å². The summed E-state index contributed by atoms with van der Waals surface area (Å²) in [5.41, 5.74) is 2.68. The summed E-state index contributed by atoms with van der Waals surface area (Å²) in [6.45, 7) is 6.97. The van der Waals surface area contributed by atoms with Crippen LogP contribution in [0.5, 0.6) is 5.75 Å². The molecule has 0 aliphatic carbocycles. The van der Waals surface area contributed by atoms with Crippen molar-refractivity contribution in [3.05, 3.63) is 121 Å². The molecular formula is C38H51BO2S. The molecule has 2 nitrogen and oxygen atoms in total. The first-order valence-corrected chi connectivity index (χ1v) is 17.7. The molecule has 0 amide bonds. The zero-order chi connectivity index (χ0) is 30.1. The molecule has 0 fully saturated rings. The van der Waals surface area contributed by atoms with Crippen molar-refractivity contribution in [3.8, 4) is 5.75 Å². The maximum atomic E-state index is 13.9. The lowest BCUT2D eigenvalue weighted by atomic mass is 9.16. The molecule has 0 bridgehead atoms. The average molecular weight is 583 g/mol. The van der Waals surface area contributed by atoms with E-state index in [2.05, 4.69) is 51.1 Å². The molecule has 0 unspecified atom stereocenters. The summed E-state index contributed by atoms with van der Waals surface area (Å²) in [4.78, 5) is 1.73. The Bertz CT molecular complexity index is 1240. The molecule has 0 atom stereocenters. The van der Waals surface area contributed by atoms with Crippen molar-refractivity contribution in [2.45, 2.75) is 93.8 Å². The maximum absolute atomic E-state index is 13.9. The Morgan fingerprint density at radius 2 is 0.976 bits per heavy atom. The average Bonchev–Trinajstić information content (AvgIpc) is 3.06. The van der Waals surface area contributed by atoms with E-state index < -0.39 is 9.93 Å². The van der Waals surface area contributed by atoms with Crippen LogP contribution in [0.4, 0.5) is 0 Å². The third kappa shape index (κ3) is 9.46. The van der Waals surface area contributed by atoms with Crippen LogP contribution >= 0.6 is 0 Å². The zero-order valence-corrected chi connectivity index (χ0v) is 27.2. The highest BCUT2D eigenvalue weighted by Gasteiger charge is 2.34. The van der Waals surface area contributed by atoms with Crippen LogP contribution in [0.25, 0.3) is 0 Å². The van der Waals surface area contributed by atoms with E-state index in [9.17, 15) is 4.21 Å². The van der Waals surface area contributed by atoms with E-state index in [1.165, 1.54) is 57.5 Å². The van der Waals surface area contributed by atoms with E-state index in [0.29, 0.717) is 5.75 Å². The lowest BCUT2D eigenvalue weighted by molar-refractivity contribution is 0.414. The molecule has 42 heavy (non-hydrogen) atoms. The first-order valence-electron chi connectivity index (χ1n) is 16.0. The molecule has 4 aromatic rings. The quantitative estimate of drug-likeness (QED) is 0.103. The van der Waals surface area contributed by atoms with Crippen molar-refractivity contribution >= 4 is 21.5 Å². The zero-order valence-electron chi connectivity index (χ0n) is 26.3. The van der Waals surface area contributed by atoms with Crippen LogP contribution in [0.2, 0.25) is 19.0 Å². The lowest BCUT2D eigenvalue weighted by Crippen LogP contribution is -2.47. The second-order valence-corrected chi connectivity index (χ2v) is 14.2. The summed E-state index contributed by atoms with van der Waals surface area (Å²) in [5, 5.41) is 0. The van der Waals surface area contributed by atoms with Crippen LogP contribution in [0, 0.1) is 0 Å². The molecule has 0 saturated heterocycles. The van der Waals surface area contributed by atoms with Crippen LogP contribution in [0.15, 0.2) is 125 Å². The maximum Gasteiger partial charge on any atom is 0.163 e. The monoisotopic (exact) mass is 582 g/mol. The molecule has 0 N–H and O–H groups in total. The minimum Gasteiger partial charge on any atom is -0.497 e. The summed E-state index contributed by atoms with van der Waals surface area (Å²) in [7, 11) is -0.715. The van der Waals surface area contributed by atoms with E-state index in [1.807, 2.05) is 84.9 Å². The molecule has 224 valence electrons. The summed E-state index contributed by atoms with van der Waals surface area (Å²) in [5.74, 6) is 1.28. The second-order valence-electron chi connectivity index (χ2n) is 11.6. The molecule has 4 rings (SSSR count). The molecule has 0 saturated carbocycles. The lowest BCUT2D eigenvalue weighted by Gasteiger charge is -2.41. The first-order chi connectivity index (χ1) is 20.5. The van der Waals surface area contributed by atoms with Crippen LogP contribution in [0.3, 0.4) is 0 Å². The summed E-state index contributed by atoms with van der Waals surface area (Å²) < 4.78 is 19.1. The van der Waals surface area contributed by atoms with E-state index in [-0.39, 0.29) is 6.15 Å². The third-order valence-electron chi connectivity index (χ3n) is 8.61. The molecule has 4 heteroatoms. The summed E-state index contributed by atoms with van der Waals surface area (Å²) >= 11 is 0. The number of methoxy groups -OCH3 is 1. The fourth-order valence-corrected chi connectivity index (χ4v) is 8.58. The van der Waals surface area contributed by atoms with Gasteiger partial charge in [0.15, 0.2) is 19.7 Å². The highest BCUT2D eigenvalue weighted by Crippen LogP contribution is 2.33. The van der Waals surface area contributed by atoms with Gasteiger partial charge in [0.2, 0.25) is 0 Å². The number of rotatable bonds is 15. The van der Waals surface area contributed by atoms with Crippen molar-refractivity contribution < 1.29 is 8.95 Å². The van der Waals surface area contributed by atoms with Gasteiger partial charge in [0.05, 0.1) is 7.11 Å². The van der Waals surface area contributed by atoms with Gasteiger partial charge >= 0.3 is 0 Å². The summed E-state index contributed by atoms with van der Waals surface area (Å²) in [6.07, 6.45) is 12.1. The van der Waals surface area contributed by atoms with Crippen LogP contribution in [-0.4, -0.2) is 13.3 Å². The van der Waals surface area contributed by atoms with Gasteiger partial charge in [0, 0.05) is 11.7 Å². The van der Waals surface area contributed by atoms with E-state index >= 15 is 0 Å². The molecule has 4 aromatic carbocycles. The Labute approximate surface area is 257 Å². The van der Waals surface area contributed by atoms with Gasteiger partial charge in [-0.2, -0.15) is 19.0 Å². The minimum absolute atomic E-state index is 0.309. The Balaban J connectivity index is 0.000000236. The van der Waals surface area contributed by atoms with E-state index in [0.717, 1.165) is 21.1 Å². The topological polar surface area (TPSA) is 26.3 Å². The van der Waals surface area contributed by atoms with Gasteiger partial charge in [-0.25, -0.2) is 5.46 Å². The number of unbranched alkanes of at least 4 members (excludes halogenated alkanes) is 3. The van der Waals surface area contributed by atoms with Crippen molar-refractivity contribution in [2.24, 2.45) is 0 Å². The second kappa shape index (κ2) is 17.8. The molecular weight excluding hydrogens is 531 g/mol. The van der Waals surface area contributed by atoms with Crippen molar-refractivity contribution in [2.75, 3.05) is 7.11 Å². The van der Waals surface area contributed by atoms with Gasteiger partial charge in [-0.1, -0.05) is 142 Å². The van der Waals surface area contributed by atoms with E-state index in [1.54, 1.807) is 12.6 Å². The Morgan fingerprint density at radius 3 is 1.36 bits per heavy atom. The molecule has 0 aromatic heterocycles. The van der Waals surface area contributed by atoms with Crippen molar-refractivity contribution in [3.63, 3.8) is 0 Å². The fraction of sp³-hybridized carbons (Fsp3) is 0.368.